The zero-order chi connectivity index (χ0) is 22.7. The van der Waals surface area contributed by atoms with E-state index in [1.807, 2.05) is 5.38 Å². The standard InChI is InChI=1S/C20H20N4O4S4/c1-3-28-18(27)14-11-6-4-7-12(11)31-17(14)21-15(25)10(2)30-20-24-23-19(32-20)22-16(26)13-8-5-9-29-13/h5,8-10H,3-4,6-7H2,1-2H3,(H,21,25)(H,22,23,26). The van der Waals surface area contributed by atoms with E-state index >= 15 is 0 Å². The van der Waals surface area contributed by atoms with Crippen molar-refractivity contribution in [3.8, 4) is 0 Å². The lowest BCUT2D eigenvalue weighted by atomic mass is 10.1. The van der Waals surface area contributed by atoms with Gasteiger partial charge in [-0.1, -0.05) is 29.2 Å². The zero-order valence-corrected chi connectivity index (χ0v) is 20.6. The predicted octanol–water partition coefficient (Wildman–Crippen LogP) is 4.70. The van der Waals surface area contributed by atoms with Crippen molar-refractivity contribution in [2.45, 2.75) is 42.7 Å². The number of esters is 1. The molecule has 0 fully saturated rings. The highest BCUT2D eigenvalue weighted by molar-refractivity contribution is 8.02. The van der Waals surface area contributed by atoms with Crippen molar-refractivity contribution < 1.29 is 19.1 Å². The maximum atomic E-state index is 12.8. The van der Waals surface area contributed by atoms with Crippen molar-refractivity contribution in [3.63, 3.8) is 0 Å². The van der Waals surface area contributed by atoms with Crippen LogP contribution in [0, 0.1) is 0 Å². The minimum Gasteiger partial charge on any atom is -0.462 e. The van der Waals surface area contributed by atoms with Crippen molar-refractivity contribution in [2.75, 3.05) is 17.2 Å². The van der Waals surface area contributed by atoms with Crippen molar-refractivity contribution in [1.82, 2.24) is 10.2 Å². The van der Waals surface area contributed by atoms with Gasteiger partial charge < -0.3 is 10.1 Å². The summed E-state index contributed by atoms with van der Waals surface area (Å²) in [6.07, 6.45) is 2.75. The van der Waals surface area contributed by atoms with Gasteiger partial charge in [0, 0.05) is 4.88 Å². The van der Waals surface area contributed by atoms with E-state index in [1.165, 1.54) is 45.8 Å². The van der Waals surface area contributed by atoms with Crippen LogP contribution in [-0.4, -0.2) is 39.8 Å². The van der Waals surface area contributed by atoms with Gasteiger partial charge in [0.25, 0.3) is 5.91 Å². The van der Waals surface area contributed by atoms with Crippen molar-refractivity contribution in [1.29, 1.82) is 0 Å². The Bertz CT molecular complexity index is 1140. The molecule has 3 aromatic heterocycles. The summed E-state index contributed by atoms with van der Waals surface area (Å²) in [7, 11) is 0. The molecule has 12 heteroatoms. The largest absolute Gasteiger partial charge is 0.462 e. The maximum Gasteiger partial charge on any atom is 0.341 e. The Kier molecular flexibility index (Phi) is 7.23. The third-order valence-corrected chi connectivity index (χ3v) is 8.76. The summed E-state index contributed by atoms with van der Waals surface area (Å²) in [6, 6.07) is 3.53. The molecule has 0 aliphatic heterocycles. The van der Waals surface area contributed by atoms with Crippen molar-refractivity contribution in [2.24, 2.45) is 0 Å². The number of anilines is 2. The van der Waals surface area contributed by atoms with Crippen LogP contribution in [-0.2, 0) is 22.4 Å². The summed E-state index contributed by atoms with van der Waals surface area (Å²) < 4.78 is 5.78. The first-order valence-corrected chi connectivity index (χ1v) is 13.3. The van der Waals surface area contributed by atoms with Crippen LogP contribution in [0.2, 0.25) is 0 Å². The Morgan fingerprint density at radius 2 is 2.06 bits per heavy atom. The van der Waals surface area contributed by atoms with Crippen LogP contribution >= 0.6 is 45.8 Å². The molecule has 0 radical (unpaired) electrons. The van der Waals surface area contributed by atoms with Gasteiger partial charge in [-0.3, -0.25) is 14.9 Å². The molecule has 4 rings (SSSR count). The third kappa shape index (κ3) is 5.03. The van der Waals surface area contributed by atoms with E-state index in [0.717, 1.165) is 29.7 Å². The monoisotopic (exact) mass is 508 g/mol. The Morgan fingerprint density at radius 1 is 1.22 bits per heavy atom. The summed E-state index contributed by atoms with van der Waals surface area (Å²) in [5.74, 6) is -0.867. The Morgan fingerprint density at radius 3 is 2.81 bits per heavy atom. The summed E-state index contributed by atoms with van der Waals surface area (Å²) >= 11 is 5.24. The first kappa shape index (κ1) is 22.9. The molecule has 1 unspecified atom stereocenters. The number of nitrogens with one attached hydrogen (secondary N) is 2. The maximum absolute atomic E-state index is 12.8. The first-order chi connectivity index (χ1) is 15.5. The van der Waals surface area contributed by atoms with Crippen LogP contribution in [0.25, 0.3) is 0 Å². The van der Waals surface area contributed by atoms with Gasteiger partial charge in [0.2, 0.25) is 11.0 Å². The van der Waals surface area contributed by atoms with Gasteiger partial charge in [0.15, 0.2) is 4.34 Å². The lowest BCUT2D eigenvalue weighted by Crippen LogP contribution is -2.23. The number of thioether (sulfide) groups is 1. The number of carbonyl (C=O) groups excluding carboxylic acids is 3. The number of hydrogen-bond donors (Lipinski definition) is 2. The van der Waals surface area contributed by atoms with Crippen LogP contribution in [0.5, 0.6) is 0 Å². The SMILES string of the molecule is CCOC(=O)c1c(NC(=O)C(C)Sc2nnc(NC(=O)c3cccs3)s2)sc2c1CCC2. The fourth-order valence-electron chi connectivity index (χ4n) is 3.20. The second kappa shape index (κ2) is 10.1. The molecule has 3 aromatic rings. The van der Waals surface area contributed by atoms with E-state index in [9.17, 15) is 14.4 Å². The van der Waals surface area contributed by atoms with Crippen molar-refractivity contribution in [3.05, 3.63) is 38.4 Å². The van der Waals surface area contributed by atoms with E-state index in [4.69, 9.17) is 4.74 Å². The highest BCUT2D eigenvalue weighted by Crippen LogP contribution is 2.40. The normalized spacial score (nSPS) is 13.4. The number of nitrogens with zero attached hydrogens (tertiary/aromatic N) is 2. The van der Waals surface area contributed by atoms with Gasteiger partial charge in [-0.15, -0.1) is 32.9 Å². The topological polar surface area (TPSA) is 110 Å². The fourth-order valence-corrected chi connectivity index (χ4v) is 6.99. The van der Waals surface area contributed by atoms with E-state index in [2.05, 4.69) is 20.8 Å². The molecular weight excluding hydrogens is 489 g/mol. The number of ether oxygens (including phenoxy) is 1. The number of rotatable bonds is 8. The molecule has 0 bridgehead atoms. The average molecular weight is 509 g/mol. The Labute approximate surface area is 200 Å². The summed E-state index contributed by atoms with van der Waals surface area (Å²) in [5.41, 5.74) is 1.49. The molecule has 0 saturated heterocycles. The Hall–Kier alpha value is -2.28. The van der Waals surface area contributed by atoms with Crippen molar-refractivity contribution >= 4 is 73.7 Å². The molecule has 168 valence electrons. The van der Waals surface area contributed by atoms with Gasteiger partial charge in [0.1, 0.15) is 5.00 Å². The van der Waals surface area contributed by atoms with Crippen LogP contribution in [0.15, 0.2) is 21.9 Å². The van der Waals surface area contributed by atoms with Crippen LogP contribution < -0.4 is 10.6 Å². The lowest BCUT2D eigenvalue weighted by Gasteiger charge is -2.11. The van der Waals surface area contributed by atoms with E-state index in [-0.39, 0.29) is 18.4 Å². The molecule has 1 aliphatic rings. The van der Waals surface area contributed by atoms with Gasteiger partial charge in [-0.25, -0.2) is 4.79 Å². The number of hydrogen-bond acceptors (Lipinski definition) is 10. The number of aryl methyl sites for hydroxylation is 1. The number of fused-ring (bicyclic) bond motifs is 1. The van der Waals surface area contributed by atoms with E-state index in [1.54, 1.807) is 26.0 Å². The number of carbonyl (C=O) groups is 3. The van der Waals surface area contributed by atoms with Crippen LogP contribution in [0.1, 0.15) is 50.7 Å². The molecule has 0 aromatic carbocycles. The van der Waals surface area contributed by atoms with Gasteiger partial charge in [0.05, 0.1) is 22.3 Å². The molecule has 2 amide bonds. The molecule has 8 nitrogen and oxygen atoms in total. The smallest absolute Gasteiger partial charge is 0.341 e. The quantitative estimate of drug-likeness (QED) is 0.258. The molecule has 32 heavy (non-hydrogen) atoms. The van der Waals surface area contributed by atoms with E-state index in [0.29, 0.717) is 24.9 Å². The average Bonchev–Trinajstić information content (AvgIpc) is 3.53. The first-order valence-electron chi connectivity index (χ1n) is 9.93. The lowest BCUT2D eigenvalue weighted by molar-refractivity contribution is -0.115. The summed E-state index contributed by atoms with van der Waals surface area (Å²) in [4.78, 5) is 39.2. The highest BCUT2D eigenvalue weighted by Gasteiger charge is 2.29. The van der Waals surface area contributed by atoms with Gasteiger partial charge in [-0.2, -0.15) is 0 Å². The minimum absolute atomic E-state index is 0.236. The van der Waals surface area contributed by atoms with E-state index < -0.39 is 11.2 Å². The number of thiophene rings is 2. The molecule has 0 spiro atoms. The highest BCUT2D eigenvalue weighted by atomic mass is 32.2. The summed E-state index contributed by atoms with van der Waals surface area (Å²) in [6.45, 7) is 3.81. The molecule has 1 atom stereocenters. The van der Waals surface area contributed by atoms with Crippen LogP contribution in [0.3, 0.4) is 0 Å². The van der Waals surface area contributed by atoms with Gasteiger partial charge >= 0.3 is 5.97 Å². The second-order valence-corrected chi connectivity index (χ2v) is 11.5. The van der Waals surface area contributed by atoms with Gasteiger partial charge in [-0.05, 0) is 50.1 Å². The number of aromatic nitrogens is 2. The zero-order valence-electron chi connectivity index (χ0n) is 17.3. The minimum atomic E-state index is -0.476. The molecule has 1 aliphatic carbocycles. The molecular formula is C20H20N4O4S4. The second-order valence-electron chi connectivity index (χ2n) is 6.84. The Balaban J connectivity index is 1.39. The fraction of sp³-hybridized carbons (Fsp3) is 0.350. The predicted molar refractivity (Wildman–Crippen MR) is 128 cm³/mol. The third-order valence-electron chi connectivity index (χ3n) is 4.66. The van der Waals surface area contributed by atoms with Crippen LogP contribution in [0.4, 0.5) is 10.1 Å². The molecule has 0 saturated carbocycles. The number of amides is 2. The molecule has 2 N–H and O–H groups in total. The summed E-state index contributed by atoms with van der Waals surface area (Å²) in [5, 5.41) is 15.9. The molecule has 3 heterocycles.